The van der Waals surface area contributed by atoms with E-state index in [-0.39, 0.29) is 11.3 Å². The lowest BCUT2D eigenvalue weighted by molar-refractivity contribution is -0.144. The quantitative estimate of drug-likeness (QED) is 0.906. The number of para-hydroxylation sites is 1. The van der Waals surface area contributed by atoms with Crippen LogP contribution in [-0.4, -0.2) is 27.1 Å². The molecule has 0 aliphatic carbocycles. The first kappa shape index (κ1) is 14.0. The van der Waals surface area contributed by atoms with Crippen LogP contribution in [0.1, 0.15) is 12.7 Å². The number of rotatable bonds is 3. The van der Waals surface area contributed by atoms with E-state index in [1.54, 1.807) is 12.1 Å². The standard InChI is InChI=1S/C12H10F3N3O2/c1-6(10(19)20)16-9-7-4-2-3-5-8(7)17-11(18-9)12(13,14)15/h2-6H,1H3,(H,19,20)(H,16,17,18)/t6-/m1/s1. The molecule has 1 aromatic carbocycles. The number of carbonyl (C=O) groups is 1. The number of halogens is 3. The van der Waals surface area contributed by atoms with Crippen molar-refractivity contribution in [2.24, 2.45) is 0 Å². The van der Waals surface area contributed by atoms with Gasteiger partial charge >= 0.3 is 12.1 Å². The Kier molecular flexibility index (Phi) is 3.47. The summed E-state index contributed by atoms with van der Waals surface area (Å²) in [7, 11) is 0. The number of benzene rings is 1. The molecule has 0 saturated heterocycles. The molecule has 20 heavy (non-hydrogen) atoms. The van der Waals surface area contributed by atoms with Crippen LogP contribution in [0.5, 0.6) is 0 Å². The minimum absolute atomic E-state index is 0.0925. The van der Waals surface area contributed by atoms with Crippen LogP contribution in [0, 0.1) is 0 Å². The minimum atomic E-state index is -4.70. The molecule has 106 valence electrons. The Morgan fingerprint density at radius 2 is 1.95 bits per heavy atom. The smallest absolute Gasteiger partial charge is 0.451 e. The van der Waals surface area contributed by atoms with Crippen LogP contribution >= 0.6 is 0 Å². The summed E-state index contributed by atoms with van der Waals surface area (Å²) in [5.74, 6) is -2.66. The van der Waals surface area contributed by atoms with Crippen LogP contribution in [0.4, 0.5) is 19.0 Å². The molecule has 0 unspecified atom stereocenters. The van der Waals surface area contributed by atoms with Gasteiger partial charge in [-0.05, 0) is 19.1 Å². The topological polar surface area (TPSA) is 75.1 Å². The van der Waals surface area contributed by atoms with Crippen LogP contribution in [0.3, 0.4) is 0 Å². The molecule has 0 fully saturated rings. The summed E-state index contributed by atoms with van der Waals surface area (Å²) in [5, 5.41) is 11.6. The molecule has 0 spiro atoms. The Morgan fingerprint density at radius 1 is 1.30 bits per heavy atom. The third-order valence-corrected chi connectivity index (χ3v) is 2.58. The highest BCUT2D eigenvalue weighted by molar-refractivity contribution is 5.90. The summed E-state index contributed by atoms with van der Waals surface area (Å²) < 4.78 is 38.2. The number of alkyl halides is 3. The number of carboxylic acids is 1. The predicted octanol–water partition coefficient (Wildman–Crippen LogP) is 2.53. The first-order chi connectivity index (χ1) is 9.29. The lowest BCUT2D eigenvalue weighted by atomic mass is 10.2. The lowest BCUT2D eigenvalue weighted by Gasteiger charge is -2.14. The van der Waals surface area contributed by atoms with Gasteiger partial charge in [0.1, 0.15) is 11.9 Å². The molecule has 1 aromatic heterocycles. The minimum Gasteiger partial charge on any atom is -0.480 e. The first-order valence-electron chi connectivity index (χ1n) is 5.62. The average Bonchev–Trinajstić information content (AvgIpc) is 2.37. The summed E-state index contributed by atoms with van der Waals surface area (Å²) in [4.78, 5) is 17.6. The van der Waals surface area contributed by atoms with Crippen LogP contribution < -0.4 is 5.32 Å². The largest absolute Gasteiger partial charge is 0.480 e. The van der Waals surface area contributed by atoms with E-state index >= 15 is 0 Å². The Bertz CT molecular complexity index is 658. The zero-order valence-corrected chi connectivity index (χ0v) is 10.3. The summed E-state index contributed by atoms with van der Waals surface area (Å²) in [6.45, 7) is 1.31. The van der Waals surface area contributed by atoms with Crippen molar-refractivity contribution in [3.8, 4) is 0 Å². The molecule has 0 radical (unpaired) electrons. The van der Waals surface area contributed by atoms with Crippen molar-refractivity contribution in [2.45, 2.75) is 19.1 Å². The van der Waals surface area contributed by atoms with Crippen molar-refractivity contribution in [1.82, 2.24) is 9.97 Å². The van der Waals surface area contributed by atoms with E-state index < -0.39 is 24.0 Å². The fraction of sp³-hybridized carbons (Fsp3) is 0.250. The molecule has 5 nitrogen and oxygen atoms in total. The zero-order valence-electron chi connectivity index (χ0n) is 10.3. The fourth-order valence-corrected chi connectivity index (χ4v) is 1.58. The Morgan fingerprint density at radius 3 is 2.55 bits per heavy atom. The van der Waals surface area contributed by atoms with Crippen LogP contribution in [0.25, 0.3) is 10.9 Å². The van der Waals surface area contributed by atoms with Gasteiger partial charge in [0.05, 0.1) is 5.52 Å². The van der Waals surface area contributed by atoms with Crippen molar-refractivity contribution in [1.29, 1.82) is 0 Å². The maximum Gasteiger partial charge on any atom is 0.451 e. The van der Waals surface area contributed by atoms with Crippen molar-refractivity contribution in [2.75, 3.05) is 5.32 Å². The molecule has 8 heteroatoms. The zero-order chi connectivity index (χ0) is 14.9. The number of fused-ring (bicyclic) bond motifs is 1. The molecule has 1 atom stereocenters. The number of nitrogens with zero attached hydrogens (tertiary/aromatic N) is 2. The molecule has 0 saturated carbocycles. The van der Waals surface area contributed by atoms with Crippen LogP contribution in [0.2, 0.25) is 0 Å². The summed E-state index contributed by atoms with van der Waals surface area (Å²) in [6.07, 6.45) is -4.70. The van der Waals surface area contributed by atoms with Gasteiger partial charge in [0.15, 0.2) is 0 Å². The normalized spacial score (nSPS) is 13.2. The van der Waals surface area contributed by atoms with Crippen molar-refractivity contribution < 1.29 is 23.1 Å². The SMILES string of the molecule is C[C@@H](Nc1nc(C(F)(F)F)nc2ccccc12)C(=O)O. The van der Waals surface area contributed by atoms with Gasteiger partial charge in [-0.1, -0.05) is 12.1 Å². The Labute approximate surface area is 111 Å². The van der Waals surface area contributed by atoms with E-state index in [0.717, 1.165) is 0 Å². The second kappa shape index (κ2) is 4.95. The highest BCUT2D eigenvalue weighted by atomic mass is 19.4. The maximum atomic E-state index is 12.7. The van der Waals surface area contributed by atoms with Gasteiger partial charge < -0.3 is 10.4 Å². The number of hydrogen-bond acceptors (Lipinski definition) is 4. The third-order valence-electron chi connectivity index (χ3n) is 2.58. The van der Waals surface area contributed by atoms with E-state index in [4.69, 9.17) is 5.11 Å². The summed E-state index contributed by atoms with van der Waals surface area (Å²) in [5.41, 5.74) is 0.0925. The molecule has 2 rings (SSSR count). The molecular weight excluding hydrogens is 275 g/mol. The number of nitrogens with one attached hydrogen (secondary N) is 1. The molecule has 2 aromatic rings. The number of anilines is 1. The second-order valence-electron chi connectivity index (χ2n) is 4.11. The van der Waals surface area contributed by atoms with Gasteiger partial charge in [0.25, 0.3) is 0 Å². The first-order valence-corrected chi connectivity index (χ1v) is 5.62. The Balaban J connectivity index is 2.58. The van der Waals surface area contributed by atoms with E-state index in [1.807, 2.05) is 0 Å². The van der Waals surface area contributed by atoms with Crippen molar-refractivity contribution in [3.63, 3.8) is 0 Å². The summed E-state index contributed by atoms with van der Waals surface area (Å²) >= 11 is 0. The number of carboxylic acid groups (broad SMARTS) is 1. The molecular formula is C12H10F3N3O2. The third kappa shape index (κ3) is 2.79. The summed E-state index contributed by atoms with van der Waals surface area (Å²) in [6, 6.07) is 5.00. The van der Waals surface area contributed by atoms with Crippen molar-refractivity contribution in [3.05, 3.63) is 30.1 Å². The number of hydrogen-bond donors (Lipinski definition) is 2. The van der Waals surface area contributed by atoms with E-state index in [9.17, 15) is 18.0 Å². The number of aromatic nitrogens is 2. The molecule has 2 N–H and O–H groups in total. The molecule has 0 aliphatic heterocycles. The molecule has 0 aliphatic rings. The highest BCUT2D eigenvalue weighted by Crippen LogP contribution is 2.30. The van der Waals surface area contributed by atoms with E-state index in [0.29, 0.717) is 5.39 Å². The highest BCUT2D eigenvalue weighted by Gasteiger charge is 2.35. The van der Waals surface area contributed by atoms with Gasteiger partial charge in [-0.3, -0.25) is 4.79 Å². The lowest BCUT2D eigenvalue weighted by Crippen LogP contribution is -2.26. The Hall–Kier alpha value is -2.38. The van der Waals surface area contributed by atoms with Gasteiger partial charge in [-0.15, -0.1) is 0 Å². The van der Waals surface area contributed by atoms with E-state index in [1.165, 1.54) is 19.1 Å². The molecule has 0 bridgehead atoms. The monoisotopic (exact) mass is 285 g/mol. The van der Waals surface area contributed by atoms with Gasteiger partial charge in [-0.2, -0.15) is 13.2 Å². The molecule has 1 heterocycles. The molecule has 0 amide bonds. The predicted molar refractivity (Wildman–Crippen MR) is 65.3 cm³/mol. The average molecular weight is 285 g/mol. The van der Waals surface area contributed by atoms with Crippen molar-refractivity contribution >= 4 is 22.7 Å². The number of aliphatic carboxylic acids is 1. The van der Waals surface area contributed by atoms with Gasteiger partial charge in [0.2, 0.25) is 5.82 Å². The van der Waals surface area contributed by atoms with E-state index in [2.05, 4.69) is 15.3 Å². The van der Waals surface area contributed by atoms with Crippen LogP contribution in [-0.2, 0) is 11.0 Å². The fourth-order valence-electron chi connectivity index (χ4n) is 1.58. The second-order valence-corrected chi connectivity index (χ2v) is 4.11. The van der Waals surface area contributed by atoms with Crippen LogP contribution in [0.15, 0.2) is 24.3 Å². The maximum absolute atomic E-state index is 12.7. The van der Waals surface area contributed by atoms with Gasteiger partial charge in [-0.25, -0.2) is 9.97 Å². The van der Waals surface area contributed by atoms with Gasteiger partial charge in [0, 0.05) is 5.39 Å².